The van der Waals surface area contributed by atoms with Gasteiger partial charge in [-0.25, -0.2) is 0 Å². The van der Waals surface area contributed by atoms with Gasteiger partial charge >= 0.3 is 6.36 Å². The molecule has 0 amide bonds. The summed E-state index contributed by atoms with van der Waals surface area (Å²) in [5.41, 5.74) is 0. The van der Waals surface area contributed by atoms with Crippen LogP contribution in [-0.2, 0) is 4.74 Å². The molecule has 0 aliphatic heterocycles. The number of hydrogen-bond acceptors (Lipinski definition) is 3. The number of nitrogens with zero attached hydrogens (tertiary/aromatic N) is 1. The van der Waals surface area contributed by atoms with Crippen molar-refractivity contribution in [2.45, 2.75) is 46.1 Å². The van der Waals surface area contributed by atoms with Crippen molar-refractivity contribution < 1.29 is 17.9 Å². The molecule has 0 aromatic carbocycles. The van der Waals surface area contributed by atoms with Gasteiger partial charge in [0.25, 0.3) is 0 Å². The van der Waals surface area contributed by atoms with Crippen molar-refractivity contribution in [2.75, 3.05) is 26.2 Å². The Labute approximate surface area is 101 Å². The minimum atomic E-state index is -4.52. The summed E-state index contributed by atoms with van der Waals surface area (Å²) >= 11 is 0. The highest BCUT2D eigenvalue weighted by atomic mass is 19.4. The van der Waals surface area contributed by atoms with Gasteiger partial charge in [-0.1, -0.05) is 0 Å². The fourth-order valence-corrected chi connectivity index (χ4v) is 1.68. The predicted octanol–water partition coefficient (Wildman–Crippen LogP) is 2.23. The van der Waals surface area contributed by atoms with E-state index in [1.54, 1.807) is 0 Å². The average molecular weight is 256 g/mol. The normalized spacial score (nSPS) is 13.1. The van der Waals surface area contributed by atoms with Crippen LogP contribution < -0.4 is 5.32 Å². The molecule has 0 saturated heterocycles. The lowest BCUT2D eigenvalue weighted by atomic mass is 10.2. The van der Waals surface area contributed by atoms with Crippen molar-refractivity contribution in [1.82, 2.24) is 10.2 Å². The molecule has 0 atom stereocenters. The zero-order valence-electron chi connectivity index (χ0n) is 11.0. The molecule has 0 aliphatic carbocycles. The maximum Gasteiger partial charge on any atom is 0.522 e. The Hall–Kier alpha value is -0.330. The molecule has 0 rings (SSSR count). The van der Waals surface area contributed by atoms with E-state index in [0.29, 0.717) is 18.6 Å². The van der Waals surface area contributed by atoms with Gasteiger partial charge in [0.2, 0.25) is 0 Å². The third-order valence-electron chi connectivity index (χ3n) is 2.42. The average Bonchev–Trinajstić information content (AvgIpc) is 2.13. The van der Waals surface area contributed by atoms with Gasteiger partial charge in [0.05, 0.1) is 6.61 Å². The second kappa shape index (κ2) is 7.89. The van der Waals surface area contributed by atoms with Crippen LogP contribution in [0.25, 0.3) is 0 Å². The van der Waals surface area contributed by atoms with Crippen LogP contribution >= 0.6 is 0 Å². The maximum absolute atomic E-state index is 11.6. The summed E-state index contributed by atoms with van der Waals surface area (Å²) in [6.07, 6.45) is -4.52. The van der Waals surface area contributed by atoms with E-state index >= 15 is 0 Å². The largest absolute Gasteiger partial charge is 0.522 e. The van der Waals surface area contributed by atoms with Crippen molar-refractivity contribution in [1.29, 1.82) is 0 Å². The minimum absolute atomic E-state index is 0.212. The molecule has 0 spiro atoms. The van der Waals surface area contributed by atoms with E-state index in [1.165, 1.54) is 0 Å². The van der Waals surface area contributed by atoms with E-state index in [-0.39, 0.29) is 13.2 Å². The number of alkyl halides is 3. The Kier molecular flexibility index (Phi) is 7.74. The van der Waals surface area contributed by atoms with E-state index < -0.39 is 6.36 Å². The molecule has 0 aromatic heterocycles. The number of rotatable bonds is 8. The van der Waals surface area contributed by atoms with Crippen LogP contribution in [-0.4, -0.2) is 49.6 Å². The molecule has 0 bridgehead atoms. The quantitative estimate of drug-likeness (QED) is 0.674. The van der Waals surface area contributed by atoms with E-state index in [9.17, 15) is 13.2 Å². The zero-order chi connectivity index (χ0) is 13.5. The van der Waals surface area contributed by atoms with E-state index in [0.717, 1.165) is 6.54 Å². The Morgan fingerprint density at radius 2 is 1.59 bits per heavy atom. The van der Waals surface area contributed by atoms with Gasteiger partial charge in [0.1, 0.15) is 0 Å². The van der Waals surface area contributed by atoms with Crippen molar-refractivity contribution >= 4 is 0 Å². The van der Waals surface area contributed by atoms with E-state index in [1.807, 2.05) is 0 Å². The van der Waals surface area contributed by atoms with Gasteiger partial charge in [-0.15, -0.1) is 13.2 Å². The Morgan fingerprint density at radius 3 is 2.00 bits per heavy atom. The Balaban J connectivity index is 3.56. The first-order chi connectivity index (χ1) is 7.74. The van der Waals surface area contributed by atoms with Crippen molar-refractivity contribution in [3.63, 3.8) is 0 Å². The standard InChI is InChI=1S/C11H23F3N2O/c1-9(2)16(10(3)4)7-5-15-6-8-17-11(12,13)14/h9-10,15H,5-8H2,1-4H3. The first kappa shape index (κ1) is 16.7. The Bertz CT molecular complexity index is 188. The van der Waals surface area contributed by atoms with Crippen LogP contribution in [0, 0.1) is 0 Å². The third-order valence-corrected chi connectivity index (χ3v) is 2.42. The smallest absolute Gasteiger partial charge is 0.313 e. The number of hydrogen-bond donors (Lipinski definition) is 1. The Morgan fingerprint density at radius 1 is 1.06 bits per heavy atom. The van der Waals surface area contributed by atoms with Crippen molar-refractivity contribution in [3.8, 4) is 0 Å². The second-order valence-corrected chi connectivity index (χ2v) is 4.47. The topological polar surface area (TPSA) is 24.5 Å². The van der Waals surface area contributed by atoms with Crippen LogP contribution in [0.1, 0.15) is 27.7 Å². The molecular formula is C11H23F3N2O. The summed E-state index contributed by atoms with van der Waals surface area (Å²) in [4.78, 5) is 2.28. The van der Waals surface area contributed by atoms with Crippen LogP contribution in [0.15, 0.2) is 0 Å². The predicted molar refractivity (Wildman–Crippen MR) is 61.9 cm³/mol. The highest BCUT2D eigenvalue weighted by molar-refractivity contribution is 4.68. The molecule has 0 fully saturated rings. The number of halogens is 3. The van der Waals surface area contributed by atoms with E-state index in [2.05, 4.69) is 42.6 Å². The summed E-state index contributed by atoms with van der Waals surface area (Å²) in [5.74, 6) is 0. The molecule has 0 heterocycles. The molecule has 0 saturated carbocycles. The minimum Gasteiger partial charge on any atom is -0.313 e. The molecule has 3 nitrogen and oxygen atoms in total. The molecule has 0 unspecified atom stereocenters. The van der Waals surface area contributed by atoms with Gasteiger partial charge < -0.3 is 5.32 Å². The van der Waals surface area contributed by atoms with Crippen LogP contribution in [0.5, 0.6) is 0 Å². The first-order valence-corrected chi connectivity index (χ1v) is 5.91. The van der Waals surface area contributed by atoms with Crippen LogP contribution in [0.2, 0.25) is 0 Å². The van der Waals surface area contributed by atoms with Gasteiger partial charge in [0.15, 0.2) is 0 Å². The molecule has 6 heteroatoms. The second-order valence-electron chi connectivity index (χ2n) is 4.47. The third kappa shape index (κ3) is 9.38. The lowest BCUT2D eigenvalue weighted by molar-refractivity contribution is -0.323. The molecule has 104 valence electrons. The summed E-state index contributed by atoms with van der Waals surface area (Å²) in [6, 6.07) is 0.867. The molecule has 0 aliphatic rings. The van der Waals surface area contributed by atoms with Gasteiger partial charge in [-0.05, 0) is 27.7 Å². The lowest BCUT2D eigenvalue weighted by Crippen LogP contribution is -2.42. The lowest BCUT2D eigenvalue weighted by Gasteiger charge is -2.30. The monoisotopic (exact) mass is 256 g/mol. The molecule has 1 N–H and O–H groups in total. The highest BCUT2D eigenvalue weighted by Gasteiger charge is 2.28. The highest BCUT2D eigenvalue weighted by Crippen LogP contribution is 2.15. The zero-order valence-corrected chi connectivity index (χ0v) is 11.0. The SMILES string of the molecule is CC(C)N(CCNCCOC(F)(F)F)C(C)C. The summed E-state index contributed by atoms with van der Waals surface area (Å²) in [7, 11) is 0. The fourth-order valence-electron chi connectivity index (χ4n) is 1.68. The van der Waals surface area contributed by atoms with Gasteiger partial charge in [-0.2, -0.15) is 0 Å². The summed E-state index contributed by atoms with van der Waals surface area (Å²) in [6.45, 7) is 9.77. The van der Waals surface area contributed by atoms with Gasteiger partial charge in [0, 0.05) is 31.7 Å². The fraction of sp³-hybridized carbons (Fsp3) is 1.00. The van der Waals surface area contributed by atoms with Crippen LogP contribution in [0.3, 0.4) is 0 Å². The van der Waals surface area contributed by atoms with Crippen molar-refractivity contribution in [3.05, 3.63) is 0 Å². The maximum atomic E-state index is 11.6. The van der Waals surface area contributed by atoms with E-state index in [4.69, 9.17) is 0 Å². The number of ether oxygens (including phenoxy) is 1. The summed E-state index contributed by atoms with van der Waals surface area (Å²) in [5, 5.41) is 2.93. The van der Waals surface area contributed by atoms with Crippen molar-refractivity contribution in [2.24, 2.45) is 0 Å². The number of nitrogens with one attached hydrogen (secondary N) is 1. The first-order valence-electron chi connectivity index (χ1n) is 5.91. The summed E-state index contributed by atoms with van der Waals surface area (Å²) < 4.78 is 38.6. The van der Waals surface area contributed by atoms with Crippen LogP contribution in [0.4, 0.5) is 13.2 Å². The molecule has 0 radical (unpaired) electrons. The molecule has 0 aromatic rings. The van der Waals surface area contributed by atoms with Gasteiger partial charge in [-0.3, -0.25) is 9.64 Å². The molecular weight excluding hydrogens is 233 g/mol. The molecule has 17 heavy (non-hydrogen) atoms.